The van der Waals surface area contributed by atoms with E-state index in [9.17, 15) is 35.5 Å². The van der Waals surface area contributed by atoms with Crippen molar-refractivity contribution in [3.8, 4) is 0 Å². The lowest BCUT2D eigenvalue weighted by atomic mass is 10.3. The number of aliphatic carboxylic acids is 1. The lowest BCUT2D eigenvalue weighted by Gasteiger charge is -2.03. The van der Waals surface area contributed by atoms with Crippen molar-refractivity contribution in [3.63, 3.8) is 0 Å². The molecule has 0 aliphatic rings. The minimum atomic E-state index is -5.86. The Bertz CT molecular complexity index is 338. The molecule has 9 heteroatoms. The SMILES string of the molecule is O=C(O)C(F)=C(F)C(F)=C(F)C(F)(F)F. The fourth-order valence-corrected chi connectivity index (χ4v) is 0.411. The molecule has 0 rings (SSSR count). The summed E-state index contributed by atoms with van der Waals surface area (Å²) < 4.78 is 82.4. The van der Waals surface area contributed by atoms with Gasteiger partial charge in [-0.25, -0.2) is 13.6 Å². The summed E-state index contributed by atoms with van der Waals surface area (Å²) in [7, 11) is 0. The normalized spacial score (nSPS) is 15.7. The molecule has 0 aromatic heterocycles. The minimum Gasteiger partial charge on any atom is -0.476 e. The van der Waals surface area contributed by atoms with E-state index < -0.39 is 35.5 Å². The van der Waals surface area contributed by atoms with Gasteiger partial charge in [0.05, 0.1) is 0 Å². The van der Waals surface area contributed by atoms with Crippen LogP contribution in [0.4, 0.5) is 30.7 Å². The summed E-state index contributed by atoms with van der Waals surface area (Å²) in [4.78, 5) is 9.65. The van der Waals surface area contributed by atoms with Gasteiger partial charge in [0, 0.05) is 0 Å². The molecule has 0 saturated carbocycles. The summed E-state index contributed by atoms with van der Waals surface area (Å²) >= 11 is 0. The van der Waals surface area contributed by atoms with Crippen LogP contribution >= 0.6 is 0 Å². The molecule has 0 atom stereocenters. The van der Waals surface area contributed by atoms with Crippen molar-refractivity contribution in [2.24, 2.45) is 0 Å². The van der Waals surface area contributed by atoms with E-state index in [0.29, 0.717) is 0 Å². The smallest absolute Gasteiger partial charge is 0.446 e. The van der Waals surface area contributed by atoms with Gasteiger partial charge in [-0.15, -0.1) is 0 Å². The van der Waals surface area contributed by atoms with Crippen LogP contribution in [0.1, 0.15) is 0 Å². The molecule has 0 radical (unpaired) electrons. The van der Waals surface area contributed by atoms with Crippen molar-refractivity contribution in [2.45, 2.75) is 6.18 Å². The fraction of sp³-hybridized carbons (Fsp3) is 0.167. The molecule has 0 amide bonds. The van der Waals surface area contributed by atoms with Crippen molar-refractivity contribution in [1.29, 1.82) is 0 Å². The highest BCUT2D eigenvalue weighted by Gasteiger charge is 2.40. The molecule has 0 aromatic carbocycles. The van der Waals surface area contributed by atoms with Crippen LogP contribution < -0.4 is 0 Å². The largest absolute Gasteiger partial charge is 0.476 e. The molecule has 15 heavy (non-hydrogen) atoms. The van der Waals surface area contributed by atoms with Crippen LogP contribution in [0.5, 0.6) is 0 Å². The van der Waals surface area contributed by atoms with Gasteiger partial charge in [0.25, 0.3) is 0 Å². The molecule has 0 aliphatic heterocycles. The van der Waals surface area contributed by atoms with Crippen LogP contribution in [-0.2, 0) is 4.79 Å². The van der Waals surface area contributed by atoms with E-state index in [4.69, 9.17) is 5.11 Å². The lowest BCUT2D eigenvalue weighted by Crippen LogP contribution is -2.10. The van der Waals surface area contributed by atoms with Crippen molar-refractivity contribution < 1.29 is 40.6 Å². The van der Waals surface area contributed by atoms with E-state index in [1.54, 1.807) is 0 Å². The second-order valence-electron chi connectivity index (χ2n) is 2.06. The first-order valence-corrected chi connectivity index (χ1v) is 3.00. The average molecular weight is 238 g/mol. The zero-order valence-corrected chi connectivity index (χ0v) is 6.50. The summed E-state index contributed by atoms with van der Waals surface area (Å²) in [5, 5.41) is 7.72. The van der Waals surface area contributed by atoms with Crippen LogP contribution in [0, 0.1) is 0 Å². The van der Waals surface area contributed by atoms with E-state index in [0.717, 1.165) is 0 Å². The molecular weight excluding hydrogens is 237 g/mol. The van der Waals surface area contributed by atoms with Crippen molar-refractivity contribution in [2.75, 3.05) is 0 Å². The number of hydrogen-bond acceptors (Lipinski definition) is 1. The third kappa shape index (κ3) is 3.26. The molecule has 86 valence electrons. The van der Waals surface area contributed by atoms with Gasteiger partial charge in [-0.05, 0) is 0 Å². The van der Waals surface area contributed by atoms with Gasteiger partial charge in [-0.2, -0.15) is 22.0 Å². The van der Waals surface area contributed by atoms with Crippen LogP contribution in [0.3, 0.4) is 0 Å². The monoisotopic (exact) mass is 238 g/mol. The molecule has 1 N–H and O–H groups in total. The summed E-state index contributed by atoms with van der Waals surface area (Å²) in [5.74, 6) is -15.4. The number of carbonyl (C=O) groups is 1. The molecule has 0 heterocycles. The average Bonchev–Trinajstić information content (AvgIpc) is 2.11. The maximum absolute atomic E-state index is 12.2. The first kappa shape index (κ1) is 13.5. The Hall–Kier alpha value is -1.54. The summed E-state index contributed by atoms with van der Waals surface area (Å²) in [6, 6.07) is 0. The molecule has 0 aliphatic carbocycles. The first-order valence-electron chi connectivity index (χ1n) is 3.00. The Labute approximate surface area is 77.3 Å². The highest BCUT2D eigenvalue weighted by Crippen LogP contribution is 2.34. The van der Waals surface area contributed by atoms with Crippen molar-refractivity contribution >= 4 is 5.97 Å². The lowest BCUT2D eigenvalue weighted by molar-refractivity contribution is -0.134. The third-order valence-electron chi connectivity index (χ3n) is 1.01. The topological polar surface area (TPSA) is 37.3 Å². The van der Waals surface area contributed by atoms with E-state index in [1.165, 1.54) is 0 Å². The summed E-state index contributed by atoms with van der Waals surface area (Å²) in [6.07, 6.45) is -5.86. The zero-order valence-electron chi connectivity index (χ0n) is 6.50. The molecule has 0 unspecified atom stereocenters. The van der Waals surface area contributed by atoms with Gasteiger partial charge in [0.2, 0.25) is 23.3 Å². The Kier molecular flexibility index (Phi) is 3.88. The molecule has 0 saturated heterocycles. The predicted molar refractivity (Wildman–Crippen MR) is 32.2 cm³/mol. The predicted octanol–water partition coefficient (Wildman–Crippen LogP) is 2.93. The van der Waals surface area contributed by atoms with E-state index >= 15 is 0 Å². The number of alkyl halides is 3. The maximum Gasteiger partial charge on any atom is 0.446 e. The highest BCUT2D eigenvalue weighted by molar-refractivity contribution is 5.85. The van der Waals surface area contributed by atoms with Gasteiger partial charge in [0.1, 0.15) is 0 Å². The maximum atomic E-state index is 12.2. The Morgan fingerprint density at radius 2 is 1.27 bits per heavy atom. The van der Waals surface area contributed by atoms with Crippen LogP contribution in [0.25, 0.3) is 0 Å². The standard InChI is InChI=1S/C6HF7O2/c7-1(3(9)5(14)15)2(8)4(10)6(11,12)13/h(H,14,15). The molecule has 2 nitrogen and oxygen atoms in total. The highest BCUT2D eigenvalue weighted by atomic mass is 19.4. The molecule has 0 bridgehead atoms. The summed E-state index contributed by atoms with van der Waals surface area (Å²) in [6.45, 7) is 0. The summed E-state index contributed by atoms with van der Waals surface area (Å²) in [5.41, 5.74) is 0. The number of carboxylic acids is 1. The number of allylic oxidation sites excluding steroid dienone is 3. The zero-order chi connectivity index (χ0) is 12.4. The Morgan fingerprint density at radius 3 is 1.53 bits per heavy atom. The molecule has 0 aromatic rings. The number of halogens is 7. The van der Waals surface area contributed by atoms with Crippen LogP contribution in [0.15, 0.2) is 23.3 Å². The van der Waals surface area contributed by atoms with Crippen molar-refractivity contribution in [1.82, 2.24) is 0 Å². The van der Waals surface area contributed by atoms with Crippen LogP contribution in [0.2, 0.25) is 0 Å². The van der Waals surface area contributed by atoms with E-state index in [1.807, 2.05) is 0 Å². The molecular formula is C6HF7O2. The molecule has 0 fully saturated rings. The first-order chi connectivity index (χ1) is 6.59. The van der Waals surface area contributed by atoms with Gasteiger partial charge in [-0.1, -0.05) is 0 Å². The third-order valence-corrected chi connectivity index (χ3v) is 1.01. The van der Waals surface area contributed by atoms with Gasteiger partial charge in [0.15, 0.2) is 0 Å². The van der Waals surface area contributed by atoms with Crippen molar-refractivity contribution in [3.05, 3.63) is 23.3 Å². The second-order valence-corrected chi connectivity index (χ2v) is 2.06. The number of hydrogen-bond donors (Lipinski definition) is 1. The fourth-order valence-electron chi connectivity index (χ4n) is 0.411. The minimum absolute atomic E-state index is 2.65. The molecule has 0 spiro atoms. The van der Waals surface area contributed by atoms with Gasteiger partial charge < -0.3 is 5.11 Å². The van der Waals surface area contributed by atoms with Crippen LogP contribution in [-0.4, -0.2) is 17.3 Å². The number of rotatable bonds is 2. The van der Waals surface area contributed by atoms with E-state index in [-0.39, 0.29) is 0 Å². The van der Waals surface area contributed by atoms with E-state index in [2.05, 4.69) is 0 Å². The Morgan fingerprint density at radius 1 is 0.867 bits per heavy atom. The number of carboxylic acid groups (broad SMARTS) is 1. The van der Waals surface area contributed by atoms with Gasteiger partial charge >= 0.3 is 12.1 Å². The Balaban J connectivity index is 5.45. The van der Waals surface area contributed by atoms with Gasteiger partial charge in [-0.3, -0.25) is 0 Å². The quantitative estimate of drug-likeness (QED) is 0.456. The second kappa shape index (κ2) is 4.32.